The lowest BCUT2D eigenvalue weighted by Crippen LogP contribution is -2.67. The number of rotatable bonds is 9. The molecule has 0 spiro atoms. The molecule has 1 aromatic carbocycles. The van der Waals surface area contributed by atoms with E-state index in [1.54, 1.807) is 30.7 Å². The van der Waals surface area contributed by atoms with Crippen LogP contribution < -0.4 is 9.47 Å². The van der Waals surface area contributed by atoms with E-state index in [1.165, 1.54) is 13.2 Å². The zero-order valence-corrected chi connectivity index (χ0v) is 21.4. The van der Waals surface area contributed by atoms with Crippen molar-refractivity contribution in [2.75, 3.05) is 20.3 Å². The van der Waals surface area contributed by atoms with Gasteiger partial charge in [0.15, 0.2) is 6.10 Å². The summed E-state index contributed by atoms with van der Waals surface area (Å²) >= 11 is 0. The van der Waals surface area contributed by atoms with Gasteiger partial charge in [-0.2, -0.15) is 0 Å². The lowest BCUT2D eigenvalue weighted by Gasteiger charge is -2.44. The number of aliphatic hydroxyl groups is 4. The molecule has 5 atom stereocenters. The van der Waals surface area contributed by atoms with Gasteiger partial charge in [-0.1, -0.05) is 6.07 Å². The second-order valence-electron chi connectivity index (χ2n) is 9.34. The van der Waals surface area contributed by atoms with Crippen LogP contribution in [0.4, 0.5) is 9.18 Å². The van der Waals surface area contributed by atoms with Crippen LogP contribution in [0.15, 0.2) is 18.2 Å². The van der Waals surface area contributed by atoms with Gasteiger partial charge in [0.2, 0.25) is 5.88 Å². The summed E-state index contributed by atoms with van der Waals surface area (Å²) in [7, 11) is 1.43. The van der Waals surface area contributed by atoms with E-state index in [0.29, 0.717) is 22.6 Å². The normalized spacial score (nSPS) is 27.5. The number of methoxy groups -OCH3 is 1. The summed E-state index contributed by atoms with van der Waals surface area (Å²) < 4.78 is 42.2. The molecule has 0 bridgehead atoms. The lowest BCUT2D eigenvalue weighted by atomic mass is 9.93. The van der Waals surface area contributed by atoms with Crippen molar-refractivity contribution in [1.29, 1.82) is 0 Å². The van der Waals surface area contributed by atoms with Gasteiger partial charge >= 0.3 is 12.1 Å². The molecule has 2 aliphatic rings. The van der Waals surface area contributed by atoms with E-state index < -0.39 is 49.0 Å². The molecular formula is C25H33FN2O10. The molecule has 38 heavy (non-hydrogen) atoms. The average molecular weight is 541 g/mol. The van der Waals surface area contributed by atoms with E-state index in [1.807, 2.05) is 0 Å². The molecule has 1 aliphatic heterocycles. The van der Waals surface area contributed by atoms with Gasteiger partial charge in [-0.3, -0.25) is 4.68 Å². The first-order valence-electron chi connectivity index (χ1n) is 12.4. The number of carbonyl (C=O) groups excluding carboxylic acids is 1. The number of ether oxygens (including phenoxy) is 5. The Bertz CT molecular complexity index is 1140. The SMILES string of the molecule is CCOC(=O)OC[C@H]1O[C@@](O)(Oc2nn(C3CCC3)c(C)c2Cc2ccc(OC)cc2F)[C@H](O)[C@@H](O)[C@@H]1O. The van der Waals surface area contributed by atoms with Crippen molar-refractivity contribution < 1.29 is 53.3 Å². The summed E-state index contributed by atoms with van der Waals surface area (Å²) in [4.78, 5) is 11.6. The van der Waals surface area contributed by atoms with Gasteiger partial charge in [0, 0.05) is 23.7 Å². The van der Waals surface area contributed by atoms with Crippen LogP contribution in [0.5, 0.6) is 11.6 Å². The predicted molar refractivity (Wildman–Crippen MR) is 127 cm³/mol. The maximum atomic E-state index is 14.8. The molecule has 12 nitrogen and oxygen atoms in total. The molecule has 4 rings (SSSR count). The van der Waals surface area contributed by atoms with Gasteiger partial charge < -0.3 is 44.1 Å². The number of halogens is 1. The van der Waals surface area contributed by atoms with E-state index >= 15 is 0 Å². The van der Waals surface area contributed by atoms with Crippen LogP contribution in [0.1, 0.15) is 49.0 Å². The lowest BCUT2D eigenvalue weighted by molar-refractivity contribution is -0.423. The molecule has 0 amide bonds. The highest BCUT2D eigenvalue weighted by atomic mass is 19.1. The van der Waals surface area contributed by atoms with Gasteiger partial charge in [-0.05, 0) is 44.7 Å². The van der Waals surface area contributed by atoms with Crippen molar-refractivity contribution in [2.45, 2.75) is 76.0 Å². The Morgan fingerprint density at radius 1 is 1.24 bits per heavy atom. The van der Waals surface area contributed by atoms with Crippen molar-refractivity contribution >= 4 is 6.16 Å². The average Bonchev–Trinajstić information content (AvgIpc) is 3.13. The Morgan fingerprint density at radius 3 is 2.58 bits per heavy atom. The summed E-state index contributed by atoms with van der Waals surface area (Å²) in [5.74, 6) is -3.21. The summed E-state index contributed by atoms with van der Waals surface area (Å²) in [6, 6.07) is 4.49. The Labute approximate surface area is 218 Å². The van der Waals surface area contributed by atoms with Crippen molar-refractivity contribution in [3.8, 4) is 11.6 Å². The smallest absolute Gasteiger partial charge is 0.497 e. The number of hydrogen-bond acceptors (Lipinski definition) is 11. The summed E-state index contributed by atoms with van der Waals surface area (Å²) in [6.07, 6.45) is -5.54. The first kappa shape index (κ1) is 28.0. The summed E-state index contributed by atoms with van der Waals surface area (Å²) in [5, 5.41) is 47.0. The van der Waals surface area contributed by atoms with Crippen LogP contribution in [0.2, 0.25) is 0 Å². The molecular weight excluding hydrogens is 507 g/mol. The molecule has 2 fully saturated rings. The Kier molecular flexibility index (Phi) is 8.43. The van der Waals surface area contributed by atoms with Crippen LogP contribution in [0.25, 0.3) is 0 Å². The third-order valence-corrected chi connectivity index (χ3v) is 6.90. The fourth-order valence-electron chi connectivity index (χ4n) is 4.43. The standard InChI is InChI=1S/C25H33FN2O10/c1-4-35-24(32)36-12-19-20(29)21(30)22(31)25(33,37-19)38-23-17(13(2)28(27-23)15-6-5-7-15)10-14-8-9-16(34-3)11-18(14)26/h8-9,11,15,19-22,29-31,33H,4-7,10,12H2,1-3H3/t19-,20-,21+,22-,25-/m1/s1. The minimum absolute atomic E-state index is 0.0243. The zero-order valence-electron chi connectivity index (χ0n) is 21.4. The van der Waals surface area contributed by atoms with E-state index in [4.69, 9.17) is 18.9 Å². The van der Waals surface area contributed by atoms with Gasteiger partial charge in [-0.15, -0.1) is 5.10 Å². The first-order chi connectivity index (χ1) is 18.1. The minimum Gasteiger partial charge on any atom is -0.497 e. The second-order valence-corrected chi connectivity index (χ2v) is 9.34. The van der Waals surface area contributed by atoms with Crippen LogP contribution in [-0.4, -0.2) is 87.1 Å². The number of nitrogens with zero attached hydrogens (tertiary/aromatic N) is 2. The number of aromatic nitrogens is 2. The van der Waals surface area contributed by atoms with Crippen LogP contribution in [0, 0.1) is 12.7 Å². The number of hydrogen-bond donors (Lipinski definition) is 4. The highest BCUT2D eigenvalue weighted by Crippen LogP contribution is 2.38. The highest BCUT2D eigenvalue weighted by molar-refractivity contribution is 5.59. The quantitative estimate of drug-likeness (QED) is 0.268. The van der Waals surface area contributed by atoms with Crippen LogP contribution >= 0.6 is 0 Å². The molecule has 4 N–H and O–H groups in total. The second kappa shape index (κ2) is 11.4. The Morgan fingerprint density at radius 2 is 1.97 bits per heavy atom. The van der Waals surface area contributed by atoms with Gasteiger partial charge in [-0.25, -0.2) is 9.18 Å². The molecule has 1 aromatic heterocycles. The molecule has 0 radical (unpaired) electrons. The molecule has 1 saturated heterocycles. The van der Waals surface area contributed by atoms with Crippen molar-refractivity contribution in [2.24, 2.45) is 0 Å². The number of carbonyl (C=O) groups is 1. The highest BCUT2D eigenvalue weighted by Gasteiger charge is 2.56. The third-order valence-electron chi connectivity index (χ3n) is 6.90. The van der Waals surface area contributed by atoms with Crippen LogP contribution in [0.3, 0.4) is 0 Å². The number of benzene rings is 1. The maximum Gasteiger partial charge on any atom is 0.508 e. The zero-order chi connectivity index (χ0) is 27.6. The topological polar surface area (TPSA) is 162 Å². The van der Waals surface area contributed by atoms with Crippen molar-refractivity contribution in [3.63, 3.8) is 0 Å². The fourth-order valence-corrected chi connectivity index (χ4v) is 4.43. The molecule has 2 aromatic rings. The van der Waals surface area contributed by atoms with E-state index in [2.05, 4.69) is 9.84 Å². The van der Waals surface area contributed by atoms with Gasteiger partial charge in [0.1, 0.15) is 36.5 Å². The minimum atomic E-state index is -2.89. The molecule has 2 heterocycles. The molecule has 210 valence electrons. The fraction of sp³-hybridized carbons (Fsp3) is 0.600. The maximum absolute atomic E-state index is 14.8. The number of aliphatic hydroxyl groups excluding tert-OH is 3. The van der Waals surface area contributed by atoms with E-state index in [9.17, 15) is 29.6 Å². The molecule has 0 unspecified atom stereocenters. The third kappa shape index (κ3) is 5.57. The monoisotopic (exact) mass is 540 g/mol. The van der Waals surface area contributed by atoms with Crippen molar-refractivity contribution in [3.05, 3.63) is 40.8 Å². The van der Waals surface area contributed by atoms with E-state index in [-0.39, 0.29) is 24.9 Å². The molecule has 1 aliphatic carbocycles. The van der Waals surface area contributed by atoms with Gasteiger partial charge in [0.25, 0.3) is 0 Å². The van der Waals surface area contributed by atoms with E-state index in [0.717, 1.165) is 19.3 Å². The van der Waals surface area contributed by atoms with Gasteiger partial charge in [0.05, 0.1) is 19.8 Å². The summed E-state index contributed by atoms with van der Waals surface area (Å²) in [6.45, 7) is 2.78. The largest absolute Gasteiger partial charge is 0.508 e. The molecule has 13 heteroatoms. The molecule has 1 saturated carbocycles. The summed E-state index contributed by atoms with van der Waals surface area (Å²) in [5.41, 5.74) is 1.39. The first-order valence-corrected chi connectivity index (χ1v) is 12.4. The van der Waals surface area contributed by atoms with Crippen LogP contribution in [-0.2, 0) is 20.6 Å². The Hall–Kier alpha value is -2.97. The predicted octanol–water partition coefficient (Wildman–Crippen LogP) is 1.33. The Balaban J connectivity index is 1.63. The van der Waals surface area contributed by atoms with Crippen molar-refractivity contribution in [1.82, 2.24) is 9.78 Å².